The van der Waals surface area contributed by atoms with Gasteiger partial charge in [-0.25, -0.2) is 9.67 Å². The summed E-state index contributed by atoms with van der Waals surface area (Å²) in [5.41, 5.74) is 5.58. The Balaban J connectivity index is 1.43. The van der Waals surface area contributed by atoms with Gasteiger partial charge < -0.3 is 5.32 Å². The molecule has 0 aliphatic heterocycles. The fraction of sp³-hybridized carbons (Fsp3) is 0.150. The van der Waals surface area contributed by atoms with Crippen molar-refractivity contribution in [3.05, 3.63) is 71.0 Å². The highest BCUT2D eigenvalue weighted by atomic mass is 32.1. The summed E-state index contributed by atoms with van der Waals surface area (Å²) in [6, 6.07) is 13.8. The Morgan fingerprint density at radius 2 is 2.07 bits per heavy atom. The Kier molecular flexibility index (Phi) is 4.94. The highest BCUT2D eigenvalue weighted by molar-refractivity contribution is 7.13. The van der Waals surface area contributed by atoms with Gasteiger partial charge in [-0.1, -0.05) is 23.8 Å². The van der Waals surface area contributed by atoms with E-state index in [0.29, 0.717) is 0 Å². The Labute approximate surface area is 166 Å². The Morgan fingerprint density at radius 1 is 1.18 bits per heavy atom. The quantitative estimate of drug-likeness (QED) is 0.563. The van der Waals surface area contributed by atoms with E-state index in [4.69, 9.17) is 0 Å². The Bertz CT molecular complexity index is 1120. The highest BCUT2D eigenvalue weighted by Gasteiger charge is 2.11. The molecular weight excluding hydrogens is 372 g/mol. The van der Waals surface area contributed by atoms with Crippen LogP contribution in [0.15, 0.2) is 54.2 Å². The molecule has 140 valence electrons. The van der Waals surface area contributed by atoms with E-state index in [1.54, 1.807) is 16.0 Å². The van der Waals surface area contributed by atoms with Crippen LogP contribution in [0.25, 0.3) is 16.3 Å². The van der Waals surface area contributed by atoms with E-state index in [1.807, 2.05) is 42.6 Å². The molecule has 8 heteroatoms. The predicted molar refractivity (Wildman–Crippen MR) is 109 cm³/mol. The van der Waals surface area contributed by atoms with Gasteiger partial charge in [0.1, 0.15) is 11.3 Å². The van der Waals surface area contributed by atoms with Gasteiger partial charge in [-0.15, -0.1) is 16.4 Å². The lowest BCUT2D eigenvalue weighted by Gasteiger charge is -2.08. The minimum Gasteiger partial charge on any atom is -0.326 e. The maximum absolute atomic E-state index is 12.4. The van der Waals surface area contributed by atoms with E-state index in [2.05, 4.69) is 44.9 Å². The molecule has 0 radical (unpaired) electrons. The van der Waals surface area contributed by atoms with Crippen LogP contribution in [0.5, 0.6) is 0 Å². The fourth-order valence-electron chi connectivity index (χ4n) is 2.93. The van der Waals surface area contributed by atoms with Crippen LogP contribution in [0, 0.1) is 13.8 Å². The molecule has 28 heavy (non-hydrogen) atoms. The fourth-order valence-corrected chi connectivity index (χ4v) is 3.75. The largest absolute Gasteiger partial charge is 0.326 e. The lowest BCUT2D eigenvalue weighted by atomic mass is 10.1. The zero-order valence-electron chi connectivity index (χ0n) is 15.5. The third-order valence-corrected chi connectivity index (χ3v) is 5.18. The van der Waals surface area contributed by atoms with Gasteiger partial charge in [-0.3, -0.25) is 4.79 Å². The van der Waals surface area contributed by atoms with Gasteiger partial charge in [-0.05, 0) is 54.1 Å². The lowest BCUT2D eigenvalue weighted by Crippen LogP contribution is -2.15. The average molecular weight is 390 g/mol. The first kappa shape index (κ1) is 18.0. The van der Waals surface area contributed by atoms with Gasteiger partial charge in [-0.2, -0.15) is 0 Å². The van der Waals surface area contributed by atoms with Crippen molar-refractivity contribution in [2.24, 2.45) is 0 Å². The summed E-state index contributed by atoms with van der Waals surface area (Å²) < 4.78 is 1.59. The summed E-state index contributed by atoms with van der Waals surface area (Å²) >= 11 is 1.55. The van der Waals surface area contributed by atoms with Gasteiger partial charge in [0.2, 0.25) is 5.91 Å². The monoisotopic (exact) mass is 390 g/mol. The molecule has 2 aromatic heterocycles. The van der Waals surface area contributed by atoms with Gasteiger partial charge in [0, 0.05) is 16.6 Å². The Hall–Kier alpha value is -3.39. The summed E-state index contributed by atoms with van der Waals surface area (Å²) in [6.45, 7) is 4.00. The zero-order chi connectivity index (χ0) is 19.5. The van der Waals surface area contributed by atoms with E-state index in [-0.39, 0.29) is 12.3 Å². The van der Waals surface area contributed by atoms with Crippen LogP contribution < -0.4 is 5.32 Å². The van der Waals surface area contributed by atoms with Crippen molar-refractivity contribution in [2.45, 2.75) is 20.3 Å². The molecule has 0 aliphatic carbocycles. The number of thiazole rings is 1. The summed E-state index contributed by atoms with van der Waals surface area (Å²) in [4.78, 5) is 17.0. The number of benzene rings is 2. The van der Waals surface area contributed by atoms with Crippen molar-refractivity contribution in [1.29, 1.82) is 0 Å². The van der Waals surface area contributed by atoms with Crippen molar-refractivity contribution >= 4 is 22.9 Å². The predicted octanol–water partition coefficient (Wildman–Crippen LogP) is 3.58. The molecule has 1 N–H and O–H groups in total. The van der Waals surface area contributed by atoms with Crippen molar-refractivity contribution in [3.63, 3.8) is 0 Å². The molecule has 0 unspecified atom stereocenters. The van der Waals surface area contributed by atoms with Crippen molar-refractivity contribution in [2.75, 3.05) is 5.32 Å². The number of hydrogen-bond acceptors (Lipinski definition) is 6. The number of aromatic nitrogens is 5. The molecule has 2 aromatic carbocycles. The van der Waals surface area contributed by atoms with Crippen LogP contribution in [-0.4, -0.2) is 31.1 Å². The second kappa shape index (κ2) is 7.69. The molecule has 0 fully saturated rings. The normalized spacial score (nSPS) is 10.8. The van der Waals surface area contributed by atoms with E-state index in [9.17, 15) is 4.79 Å². The van der Waals surface area contributed by atoms with Gasteiger partial charge >= 0.3 is 0 Å². The van der Waals surface area contributed by atoms with Crippen LogP contribution in [0.4, 0.5) is 5.69 Å². The molecular formula is C20H18N6OS. The standard InChI is InChI=1S/C20H18N6OS/c1-13-4-3-5-15(8-13)20-23-17(11-28-20)10-19(27)22-16-6-7-18(14(2)9-16)26-12-21-24-25-26/h3-9,11-12H,10H2,1-2H3,(H,22,27). The molecule has 0 bridgehead atoms. The number of rotatable bonds is 5. The molecule has 0 spiro atoms. The maximum Gasteiger partial charge on any atom is 0.230 e. The summed E-state index contributed by atoms with van der Waals surface area (Å²) in [7, 11) is 0. The first-order valence-electron chi connectivity index (χ1n) is 8.74. The van der Waals surface area contributed by atoms with Crippen LogP contribution in [0.2, 0.25) is 0 Å². The molecule has 0 saturated heterocycles. The van der Waals surface area contributed by atoms with Crippen LogP contribution in [0.1, 0.15) is 16.8 Å². The van der Waals surface area contributed by atoms with Gasteiger partial charge in [0.25, 0.3) is 0 Å². The lowest BCUT2D eigenvalue weighted by molar-refractivity contribution is -0.115. The average Bonchev–Trinajstić information content (AvgIpc) is 3.34. The smallest absolute Gasteiger partial charge is 0.230 e. The van der Waals surface area contributed by atoms with Crippen LogP contribution >= 0.6 is 11.3 Å². The van der Waals surface area contributed by atoms with Crippen molar-refractivity contribution < 1.29 is 4.79 Å². The van der Waals surface area contributed by atoms with E-state index in [0.717, 1.165) is 33.2 Å². The minimum absolute atomic E-state index is 0.101. The highest BCUT2D eigenvalue weighted by Crippen LogP contribution is 2.25. The molecule has 0 aliphatic rings. The molecule has 7 nitrogen and oxygen atoms in total. The number of hydrogen-bond donors (Lipinski definition) is 1. The summed E-state index contributed by atoms with van der Waals surface area (Å²) in [5, 5.41) is 17.0. The number of anilines is 1. The SMILES string of the molecule is Cc1cccc(-c2nc(CC(=O)Nc3ccc(-n4cnnn4)c(C)c3)cs2)c1. The number of aryl methyl sites for hydroxylation is 2. The topological polar surface area (TPSA) is 85.6 Å². The molecule has 4 rings (SSSR count). The van der Waals surface area contributed by atoms with Crippen LogP contribution in [-0.2, 0) is 11.2 Å². The van der Waals surface area contributed by atoms with Gasteiger partial charge in [0.05, 0.1) is 17.8 Å². The van der Waals surface area contributed by atoms with E-state index in [1.165, 1.54) is 11.9 Å². The number of carbonyl (C=O) groups excluding carboxylic acids is 1. The first-order valence-corrected chi connectivity index (χ1v) is 9.62. The summed E-state index contributed by atoms with van der Waals surface area (Å²) in [6.07, 6.45) is 1.77. The van der Waals surface area contributed by atoms with E-state index < -0.39 is 0 Å². The summed E-state index contributed by atoms with van der Waals surface area (Å²) in [5.74, 6) is -0.101. The second-order valence-corrected chi connectivity index (χ2v) is 7.35. The number of carbonyl (C=O) groups is 1. The molecule has 2 heterocycles. The van der Waals surface area contributed by atoms with Crippen molar-refractivity contribution in [3.8, 4) is 16.3 Å². The third-order valence-electron chi connectivity index (χ3n) is 4.23. The maximum atomic E-state index is 12.4. The molecule has 4 aromatic rings. The third kappa shape index (κ3) is 3.96. The number of tetrazole rings is 1. The molecule has 0 saturated carbocycles. The molecule has 1 amide bonds. The number of nitrogens with zero attached hydrogens (tertiary/aromatic N) is 5. The number of nitrogens with one attached hydrogen (secondary N) is 1. The minimum atomic E-state index is -0.101. The zero-order valence-corrected chi connectivity index (χ0v) is 16.3. The molecule has 0 atom stereocenters. The second-order valence-electron chi connectivity index (χ2n) is 6.49. The van der Waals surface area contributed by atoms with Gasteiger partial charge in [0.15, 0.2) is 0 Å². The first-order chi connectivity index (χ1) is 13.6. The van der Waals surface area contributed by atoms with Crippen LogP contribution in [0.3, 0.4) is 0 Å². The van der Waals surface area contributed by atoms with Crippen molar-refractivity contribution in [1.82, 2.24) is 25.2 Å². The van der Waals surface area contributed by atoms with E-state index >= 15 is 0 Å². The Morgan fingerprint density at radius 3 is 2.82 bits per heavy atom. The number of amides is 1.